The molecule has 3 rings (SSSR count). The normalized spacial score (nSPS) is 16.4. The Morgan fingerprint density at radius 1 is 1.20 bits per heavy atom. The number of rotatable bonds is 5. The number of ether oxygens (including phenoxy) is 1. The van der Waals surface area contributed by atoms with E-state index in [0.717, 1.165) is 0 Å². The van der Waals surface area contributed by atoms with E-state index in [1.54, 1.807) is 41.3 Å². The number of nitrogens with zero attached hydrogens (tertiary/aromatic N) is 1. The Balaban J connectivity index is 2.09. The van der Waals surface area contributed by atoms with Crippen molar-refractivity contribution in [3.8, 4) is 5.75 Å². The summed E-state index contributed by atoms with van der Waals surface area (Å²) in [7, 11) is 0. The number of hydrogen-bond donors (Lipinski definition) is 2. The second-order valence-corrected chi connectivity index (χ2v) is 5.40. The van der Waals surface area contributed by atoms with Gasteiger partial charge in [-0.1, -0.05) is 30.3 Å². The average Bonchev–Trinajstić information content (AvgIpc) is 2.57. The van der Waals surface area contributed by atoms with Crippen molar-refractivity contribution in [3.63, 3.8) is 0 Å². The Hall–Kier alpha value is -3.16. The monoisotopic (exact) mass is 347 g/mol. The van der Waals surface area contributed by atoms with Crippen LogP contribution in [0.4, 0.5) is 14.5 Å². The molecule has 1 atom stereocenters. The largest absolute Gasteiger partial charge is 0.434 e. The molecular weight excluding hydrogens is 332 g/mol. The van der Waals surface area contributed by atoms with Crippen LogP contribution in [0.1, 0.15) is 22.1 Å². The second-order valence-electron chi connectivity index (χ2n) is 5.40. The van der Waals surface area contributed by atoms with Gasteiger partial charge in [0.2, 0.25) is 5.91 Å². The van der Waals surface area contributed by atoms with E-state index in [0.29, 0.717) is 16.8 Å². The molecule has 2 amide bonds. The van der Waals surface area contributed by atoms with Gasteiger partial charge in [-0.25, -0.2) is 0 Å². The second kappa shape index (κ2) is 6.76. The van der Waals surface area contributed by atoms with E-state index in [1.807, 2.05) is 0 Å². The third kappa shape index (κ3) is 3.37. The number of hydrogen-bond acceptors (Lipinski definition) is 4. The van der Waals surface area contributed by atoms with Gasteiger partial charge in [0, 0.05) is 5.56 Å². The fourth-order valence-electron chi connectivity index (χ4n) is 2.83. The molecule has 130 valence electrons. The smallest absolute Gasteiger partial charge is 0.387 e. The highest BCUT2D eigenvalue weighted by Gasteiger charge is 2.34. The van der Waals surface area contributed by atoms with Crippen LogP contribution < -0.4 is 20.7 Å². The van der Waals surface area contributed by atoms with Crippen LogP contribution in [0.15, 0.2) is 48.5 Å². The standard InChI is InChI=1S/C17H15F2N3O3/c18-17(19)25-13-8-4-2-6-11(13)15-21-16(24)10-5-1-3-7-12(10)22(15)9-14(20)23/h1-8,15,17H,9H2,(H2,20,23)(H,21,24). The third-order valence-corrected chi connectivity index (χ3v) is 3.79. The first-order valence-electron chi connectivity index (χ1n) is 7.46. The van der Waals surface area contributed by atoms with Gasteiger partial charge in [0.05, 0.1) is 17.8 Å². The lowest BCUT2D eigenvalue weighted by atomic mass is 10.0. The lowest BCUT2D eigenvalue weighted by molar-refractivity contribution is -0.116. The first kappa shape index (κ1) is 16.7. The van der Waals surface area contributed by atoms with Crippen LogP contribution in [0, 0.1) is 0 Å². The Kier molecular flexibility index (Phi) is 4.51. The highest BCUT2D eigenvalue weighted by atomic mass is 19.3. The minimum absolute atomic E-state index is 0.0864. The van der Waals surface area contributed by atoms with Crippen molar-refractivity contribution >= 4 is 17.5 Å². The fraction of sp³-hybridized carbons (Fsp3) is 0.176. The van der Waals surface area contributed by atoms with Crippen LogP contribution in [0.3, 0.4) is 0 Å². The summed E-state index contributed by atoms with van der Waals surface area (Å²) in [5.74, 6) is -1.09. The molecule has 3 N–H and O–H groups in total. The fourth-order valence-corrected chi connectivity index (χ4v) is 2.83. The van der Waals surface area contributed by atoms with E-state index >= 15 is 0 Å². The van der Waals surface area contributed by atoms with Gasteiger partial charge in [-0.05, 0) is 18.2 Å². The number of halogens is 2. The van der Waals surface area contributed by atoms with E-state index in [2.05, 4.69) is 10.1 Å². The number of para-hydroxylation sites is 2. The van der Waals surface area contributed by atoms with Crippen molar-refractivity contribution in [2.75, 3.05) is 11.4 Å². The van der Waals surface area contributed by atoms with E-state index in [4.69, 9.17) is 5.73 Å². The van der Waals surface area contributed by atoms with Crippen LogP contribution in [0.25, 0.3) is 0 Å². The van der Waals surface area contributed by atoms with Crippen molar-refractivity contribution in [2.24, 2.45) is 5.73 Å². The highest BCUT2D eigenvalue weighted by Crippen LogP contribution is 2.36. The average molecular weight is 347 g/mol. The van der Waals surface area contributed by atoms with E-state index in [1.165, 1.54) is 12.1 Å². The van der Waals surface area contributed by atoms with Crippen molar-refractivity contribution in [3.05, 3.63) is 59.7 Å². The zero-order valence-electron chi connectivity index (χ0n) is 13.0. The van der Waals surface area contributed by atoms with Crippen molar-refractivity contribution in [2.45, 2.75) is 12.8 Å². The molecule has 1 unspecified atom stereocenters. The van der Waals surface area contributed by atoms with Gasteiger partial charge in [-0.15, -0.1) is 0 Å². The Morgan fingerprint density at radius 3 is 2.60 bits per heavy atom. The van der Waals surface area contributed by atoms with Gasteiger partial charge in [-0.2, -0.15) is 8.78 Å². The number of carbonyl (C=O) groups is 2. The van der Waals surface area contributed by atoms with Crippen LogP contribution in [-0.4, -0.2) is 25.0 Å². The van der Waals surface area contributed by atoms with Gasteiger partial charge >= 0.3 is 6.61 Å². The number of nitrogens with two attached hydrogens (primary N) is 1. The summed E-state index contributed by atoms with van der Waals surface area (Å²) < 4.78 is 29.9. The number of benzene rings is 2. The topological polar surface area (TPSA) is 84.7 Å². The predicted octanol–water partition coefficient (Wildman–Crippen LogP) is 2.02. The summed E-state index contributed by atoms with van der Waals surface area (Å²) in [4.78, 5) is 25.5. The molecule has 0 spiro atoms. The predicted molar refractivity (Wildman–Crippen MR) is 86.3 cm³/mol. The molecule has 0 aromatic heterocycles. The molecule has 1 heterocycles. The van der Waals surface area contributed by atoms with Gasteiger partial charge < -0.3 is 20.7 Å². The molecule has 2 aromatic rings. The maximum Gasteiger partial charge on any atom is 0.387 e. The van der Waals surface area contributed by atoms with Crippen LogP contribution in [0.2, 0.25) is 0 Å². The summed E-state index contributed by atoms with van der Waals surface area (Å²) in [6, 6.07) is 12.8. The Labute approximate surface area is 142 Å². The molecule has 25 heavy (non-hydrogen) atoms. The minimum Gasteiger partial charge on any atom is -0.434 e. The zero-order valence-corrected chi connectivity index (χ0v) is 13.0. The molecule has 6 nitrogen and oxygen atoms in total. The SMILES string of the molecule is NC(=O)CN1c2ccccc2C(=O)NC1c1ccccc1OC(F)F. The molecule has 0 radical (unpaired) electrons. The summed E-state index contributed by atoms with van der Waals surface area (Å²) in [5.41, 5.74) is 6.48. The molecule has 0 saturated carbocycles. The Morgan fingerprint density at radius 2 is 1.88 bits per heavy atom. The number of nitrogens with one attached hydrogen (secondary N) is 1. The molecular formula is C17H15F2N3O3. The quantitative estimate of drug-likeness (QED) is 0.867. The zero-order chi connectivity index (χ0) is 18.0. The lowest BCUT2D eigenvalue weighted by Crippen LogP contribution is -2.49. The van der Waals surface area contributed by atoms with Gasteiger partial charge in [-0.3, -0.25) is 9.59 Å². The summed E-state index contributed by atoms with van der Waals surface area (Å²) in [6.45, 7) is -3.22. The summed E-state index contributed by atoms with van der Waals surface area (Å²) >= 11 is 0. The van der Waals surface area contributed by atoms with Crippen LogP contribution in [-0.2, 0) is 4.79 Å². The number of amides is 2. The van der Waals surface area contributed by atoms with Gasteiger partial charge in [0.25, 0.3) is 5.91 Å². The van der Waals surface area contributed by atoms with Gasteiger partial charge in [0.1, 0.15) is 11.9 Å². The molecule has 0 aliphatic carbocycles. The number of carbonyl (C=O) groups excluding carboxylic acids is 2. The number of primary amides is 1. The molecule has 0 bridgehead atoms. The molecule has 1 aliphatic rings. The van der Waals surface area contributed by atoms with Crippen molar-refractivity contribution in [1.82, 2.24) is 5.32 Å². The number of fused-ring (bicyclic) bond motifs is 1. The lowest BCUT2D eigenvalue weighted by Gasteiger charge is -2.38. The van der Waals surface area contributed by atoms with Crippen molar-refractivity contribution in [1.29, 1.82) is 0 Å². The molecule has 0 fully saturated rings. The summed E-state index contributed by atoms with van der Waals surface area (Å²) in [6.07, 6.45) is -0.871. The first-order chi connectivity index (χ1) is 12.0. The molecule has 1 aliphatic heterocycles. The minimum atomic E-state index is -3.02. The van der Waals surface area contributed by atoms with Crippen LogP contribution >= 0.6 is 0 Å². The van der Waals surface area contributed by atoms with Crippen LogP contribution in [0.5, 0.6) is 5.75 Å². The maximum absolute atomic E-state index is 12.7. The molecule has 8 heteroatoms. The van der Waals surface area contributed by atoms with E-state index < -0.39 is 18.7 Å². The number of anilines is 1. The van der Waals surface area contributed by atoms with E-state index in [-0.39, 0.29) is 18.2 Å². The first-order valence-corrected chi connectivity index (χ1v) is 7.46. The maximum atomic E-state index is 12.7. The van der Waals surface area contributed by atoms with Crippen molar-refractivity contribution < 1.29 is 23.1 Å². The molecule has 0 saturated heterocycles. The summed E-state index contributed by atoms with van der Waals surface area (Å²) in [5, 5.41) is 2.71. The Bertz CT molecular complexity index is 813. The highest BCUT2D eigenvalue weighted by molar-refractivity contribution is 6.02. The number of alkyl halides is 2. The third-order valence-electron chi connectivity index (χ3n) is 3.79. The molecule has 2 aromatic carbocycles. The van der Waals surface area contributed by atoms with Gasteiger partial charge in [0.15, 0.2) is 0 Å². The van der Waals surface area contributed by atoms with E-state index in [9.17, 15) is 18.4 Å².